The number of ether oxygens (including phenoxy) is 1. The molecule has 2 aromatic carbocycles. The average Bonchev–Trinajstić information content (AvgIpc) is 3.21. The van der Waals surface area contributed by atoms with Crippen LogP contribution in [0.3, 0.4) is 0 Å². The molecule has 7 heteroatoms. The standard InChI is InChI=1S/C20H21N5O2/c26-20(19-14-21-25(23-19)18-4-2-1-3-5-18)22-17-8-6-16(7-9-17)15-24-10-12-27-13-11-24/h1-9,14H,10-13,15H2,(H,22,26). The van der Waals surface area contributed by atoms with Gasteiger partial charge in [-0.1, -0.05) is 30.3 Å². The Kier molecular flexibility index (Phi) is 5.22. The van der Waals surface area contributed by atoms with Crippen molar-refractivity contribution >= 4 is 11.6 Å². The molecule has 2 heterocycles. The number of hydrogen-bond donors (Lipinski definition) is 1. The summed E-state index contributed by atoms with van der Waals surface area (Å²) in [5.41, 5.74) is 3.03. The molecule has 1 saturated heterocycles. The van der Waals surface area contributed by atoms with E-state index in [9.17, 15) is 4.79 Å². The van der Waals surface area contributed by atoms with E-state index in [1.54, 1.807) is 0 Å². The monoisotopic (exact) mass is 363 g/mol. The minimum atomic E-state index is -0.280. The molecule has 7 nitrogen and oxygen atoms in total. The third-order valence-corrected chi connectivity index (χ3v) is 4.43. The van der Waals surface area contributed by atoms with Gasteiger partial charge in [0.1, 0.15) is 0 Å². The number of amides is 1. The van der Waals surface area contributed by atoms with Gasteiger partial charge in [-0.3, -0.25) is 9.69 Å². The van der Waals surface area contributed by atoms with Crippen LogP contribution < -0.4 is 5.32 Å². The van der Waals surface area contributed by atoms with E-state index in [0.29, 0.717) is 0 Å². The number of nitrogens with one attached hydrogen (secondary N) is 1. The Morgan fingerprint density at radius 3 is 2.52 bits per heavy atom. The lowest BCUT2D eigenvalue weighted by Crippen LogP contribution is -2.35. The fourth-order valence-electron chi connectivity index (χ4n) is 2.96. The Morgan fingerprint density at radius 1 is 1.04 bits per heavy atom. The molecule has 0 unspecified atom stereocenters. The third-order valence-electron chi connectivity index (χ3n) is 4.43. The van der Waals surface area contributed by atoms with Gasteiger partial charge >= 0.3 is 0 Å². The van der Waals surface area contributed by atoms with E-state index < -0.39 is 0 Å². The van der Waals surface area contributed by atoms with Crippen LogP contribution in [0, 0.1) is 0 Å². The van der Waals surface area contributed by atoms with Crippen molar-refractivity contribution in [2.75, 3.05) is 31.6 Å². The quantitative estimate of drug-likeness (QED) is 0.753. The number of nitrogens with zero attached hydrogens (tertiary/aromatic N) is 4. The summed E-state index contributed by atoms with van der Waals surface area (Å²) >= 11 is 0. The van der Waals surface area contributed by atoms with Gasteiger partial charge in [0.25, 0.3) is 5.91 Å². The SMILES string of the molecule is O=C(Nc1ccc(CN2CCOCC2)cc1)c1cnn(-c2ccccc2)n1. The molecule has 1 amide bonds. The zero-order valence-corrected chi connectivity index (χ0v) is 14.9. The summed E-state index contributed by atoms with van der Waals surface area (Å²) in [6, 6.07) is 17.4. The summed E-state index contributed by atoms with van der Waals surface area (Å²) in [5, 5.41) is 11.3. The highest BCUT2D eigenvalue weighted by atomic mass is 16.5. The van der Waals surface area contributed by atoms with Crippen molar-refractivity contribution in [2.45, 2.75) is 6.54 Å². The van der Waals surface area contributed by atoms with Crippen molar-refractivity contribution in [3.63, 3.8) is 0 Å². The molecule has 1 aliphatic rings. The van der Waals surface area contributed by atoms with Crippen LogP contribution in [0.15, 0.2) is 60.8 Å². The number of morpholine rings is 1. The number of hydrogen-bond acceptors (Lipinski definition) is 5. The maximum Gasteiger partial charge on any atom is 0.277 e. The van der Waals surface area contributed by atoms with E-state index in [1.165, 1.54) is 16.6 Å². The second kappa shape index (κ2) is 8.11. The molecular weight excluding hydrogens is 342 g/mol. The van der Waals surface area contributed by atoms with E-state index in [0.717, 1.165) is 44.2 Å². The number of benzene rings is 2. The highest BCUT2D eigenvalue weighted by Crippen LogP contribution is 2.13. The van der Waals surface area contributed by atoms with Crippen molar-refractivity contribution in [3.8, 4) is 5.69 Å². The molecule has 1 fully saturated rings. The van der Waals surface area contributed by atoms with Gasteiger partial charge in [-0.15, -0.1) is 5.10 Å². The zero-order chi connectivity index (χ0) is 18.5. The van der Waals surface area contributed by atoms with Crippen molar-refractivity contribution in [1.82, 2.24) is 19.9 Å². The van der Waals surface area contributed by atoms with Gasteiger partial charge in [0.05, 0.1) is 25.1 Å². The largest absolute Gasteiger partial charge is 0.379 e. The van der Waals surface area contributed by atoms with E-state index in [2.05, 4.69) is 20.4 Å². The van der Waals surface area contributed by atoms with E-state index in [-0.39, 0.29) is 11.6 Å². The molecule has 4 rings (SSSR count). The molecule has 0 aliphatic carbocycles. The summed E-state index contributed by atoms with van der Waals surface area (Å²) < 4.78 is 5.37. The maximum atomic E-state index is 12.4. The molecular formula is C20H21N5O2. The van der Waals surface area contributed by atoms with Crippen molar-refractivity contribution in [1.29, 1.82) is 0 Å². The predicted octanol–water partition coefficient (Wildman–Crippen LogP) is 2.35. The first-order valence-corrected chi connectivity index (χ1v) is 8.96. The molecule has 0 spiro atoms. The van der Waals surface area contributed by atoms with Gasteiger partial charge in [0, 0.05) is 25.3 Å². The molecule has 0 radical (unpaired) electrons. The summed E-state index contributed by atoms with van der Waals surface area (Å²) in [6.07, 6.45) is 1.47. The van der Waals surface area contributed by atoms with Crippen molar-refractivity contribution < 1.29 is 9.53 Å². The highest BCUT2D eigenvalue weighted by molar-refractivity contribution is 6.02. The second-order valence-electron chi connectivity index (χ2n) is 6.39. The Hall–Kier alpha value is -3.03. The minimum absolute atomic E-state index is 0.274. The first-order chi connectivity index (χ1) is 13.3. The van der Waals surface area contributed by atoms with Crippen LogP contribution in [0.4, 0.5) is 5.69 Å². The Balaban J connectivity index is 1.37. The molecule has 3 aromatic rings. The number of carbonyl (C=O) groups is 1. The first-order valence-electron chi connectivity index (χ1n) is 8.96. The van der Waals surface area contributed by atoms with Crippen LogP contribution in [0.5, 0.6) is 0 Å². The van der Waals surface area contributed by atoms with Crippen LogP contribution >= 0.6 is 0 Å². The number of carbonyl (C=O) groups excluding carboxylic acids is 1. The molecule has 0 bridgehead atoms. The summed E-state index contributed by atoms with van der Waals surface area (Å²) in [7, 11) is 0. The predicted molar refractivity (Wildman–Crippen MR) is 102 cm³/mol. The molecule has 1 aliphatic heterocycles. The fraction of sp³-hybridized carbons (Fsp3) is 0.250. The Labute approximate surface area is 157 Å². The van der Waals surface area contributed by atoms with Gasteiger partial charge in [0.15, 0.2) is 5.69 Å². The van der Waals surface area contributed by atoms with Gasteiger partial charge in [-0.2, -0.15) is 9.90 Å². The smallest absolute Gasteiger partial charge is 0.277 e. The van der Waals surface area contributed by atoms with Crippen LogP contribution in [0.1, 0.15) is 16.1 Å². The number of anilines is 1. The van der Waals surface area contributed by atoms with Gasteiger partial charge < -0.3 is 10.1 Å². The van der Waals surface area contributed by atoms with E-state index in [1.807, 2.05) is 54.6 Å². The lowest BCUT2D eigenvalue weighted by molar-refractivity contribution is 0.0342. The molecule has 1 aromatic heterocycles. The minimum Gasteiger partial charge on any atom is -0.379 e. The fourth-order valence-corrected chi connectivity index (χ4v) is 2.96. The molecule has 27 heavy (non-hydrogen) atoms. The summed E-state index contributed by atoms with van der Waals surface area (Å²) in [6.45, 7) is 4.38. The van der Waals surface area contributed by atoms with Crippen LogP contribution in [-0.4, -0.2) is 52.1 Å². The zero-order valence-electron chi connectivity index (χ0n) is 14.9. The molecule has 0 saturated carbocycles. The topological polar surface area (TPSA) is 72.3 Å². The second-order valence-corrected chi connectivity index (χ2v) is 6.39. The lowest BCUT2D eigenvalue weighted by atomic mass is 10.2. The van der Waals surface area contributed by atoms with E-state index >= 15 is 0 Å². The van der Waals surface area contributed by atoms with Crippen LogP contribution in [-0.2, 0) is 11.3 Å². The van der Waals surface area contributed by atoms with Crippen molar-refractivity contribution in [2.24, 2.45) is 0 Å². The van der Waals surface area contributed by atoms with Crippen molar-refractivity contribution in [3.05, 3.63) is 72.1 Å². The normalized spacial score (nSPS) is 14.8. The number of para-hydroxylation sites is 1. The first kappa shape index (κ1) is 17.4. The molecule has 0 atom stereocenters. The third kappa shape index (κ3) is 4.39. The Bertz CT molecular complexity index is 886. The molecule has 1 N–H and O–H groups in total. The highest BCUT2D eigenvalue weighted by Gasteiger charge is 2.13. The number of aromatic nitrogens is 3. The lowest BCUT2D eigenvalue weighted by Gasteiger charge is -2.26. The number of rotatable bonds is 5. The van der Waals surface area contributed by atoms with Gasteiger partial charge in [-0.25, -0.2) is 0 Å². The van der Waals surface area contributed by atoms with Crippen LogP contribution in [0.25, 0.3) is 5.69 Å². The van der Waals surface area contributed by atoms with Crippen LogP contribution in [0.2, 0.25) is 0 Å². The van der Waals surface area contributed by atoms with E-state index in [4.69, 9.17) is 4.74 Å². The molecule has 138 valence electrons. The average molecular weight is 363 g/mol. The summed E-state index contributed by atoms with van der Waals surface area (Å²) in [5.74, 6) is -0.280. The maximum absolute atomic E-state index is 12.4. The van der Waals surface area contributed by atoms with Gasteiger partial charge in [-0.05, 0) is 29.8 Å². The van der Waals surface area contributed by atoms with Gasteiger partial charge in [0.2, 0.25) is 0 Å². The Morgan fingerprint density at radius 2 is 1.78 bits per heavy atom. The summed E-state index contributed by atoms with van der Waals surface area (Å²) in [4.78, 5) is 16.2.